The third-order valence-corrected chi connectivity index (χ3v) is 3.46. The van der Waals surface area contributed by atoms with E-state index in [1.165, 1.54) is 6.42 Å². The highest BCUT2D eigenvalue weighted by Crippen LogP contribution is 2.18. The van der Waals surface area contributed by atoms with Crippen LogP contribution in [0.2, 0.25) is 0 Å². The van der Waals surface area contributed by atoms with Crippen molar-refractivity contribution in [1.82, 2.24) is 9.47 Å². The lowest BCUT2D eigenvalue weighted by atomic mass is 10.1. The molecule has 1 atom stereocenters. The molecule has 0 saturated carbocycles. The van der Waals surface area contributed by atoms with Crippen molar-refractivity contribution in [2.75, 3.05) is 26.2 Å². The van der Waals surface area contributed by atoms with Crippen molar-refractivity contribution in [2.24, 2.45) is 5.92 Å². The minimum atomic E-state index is 0.0682. The van der Waals surface area contributed by atoms with Gasteiger partial charge < -0.3 is 14.6 Å². The quantitative estimate of drug-likeness (QED) is 0.812. The summed E-state index contributed by atoms with van der Waals surface area (Å²) in [5, 5.41) is 8.89. The third kappa shape index (κ3) is 3.41. The summed E-state index contributed by atoms with van der Waals surface area (Å²) < 4.78 is 1.75. The fourth-order valence-corrected chi connectivity index (χ4v) is 2.43. The number of likely N-dealkylation sites (tertiary alicyclic amines) is 1. The molecule has 0 aromatic carbocycles. The molecule has 94 valence electrons. The van der Waals surface area contributed by atoms with Crippen LogP contribution in [0, 0.1) is 5.92 Å². The van der Waals surface area contributed by atoms with Gasteiger partial charge in [0.05, 0.1) is 0 Å². The van der Waals surface area contributed by atoms with Crippen LogP contribution >= 0.6 is 0 Å². The Morgan fingerprint density at radius 3 is 3.00 bits per heavy atom. The summed E-state index contributed by atoms with van der Waals surface area (Å²) in [6.45, 7) is 4.11. The zero-order chi connectivity index (χ0) is 12.1. The van der Waals surface area contributed by atoms with Crippen molar-refractivity contribution in [3.05, 3.63) is 34.7 Å². The highest BCUT2D eigenvalue weighted by atomic mass is 16.3. The first-order chi connectivity index (χ1) is 8.29. The molecule has 0 spiro atoms. The lowest BCUT2D eigenvalue weighted by Crippen LogP contribution is -2.29. The van der Waals surface area contributed by atoms with E-state index in [4.69, 9.17) is 5.11 Å². The molecule has 17 heavy (non-hydrogen) atoms. The van der Waals surface area contributed by atoms with Crippen molar-refractivity contribution >= 4 is 0 Å². The van der Waals surface area contributed by atoms with Gasteiger partial charge in [-0.3, -0.25) is 4.79 Å². The SMILES string of the molecule is O=c1ccccn1CCN1CCC(CCO)C1. The predicted octanol–water partition coefficient (Wildman–Crippen LogP) is 0.553. The van der Waals surface area contributed by atoms with Gasteiger partial charge in [-0.05, 0) is 31.4 Å². The Morgan fingerprint density at radius 1 is 1.35 bits per heavy atom. The van der Waals surface area contributed by atoms with Crippen molar-refractivity contribution < 1.29 is 5.11 Å². The van der Waals surface area contributed by atoms with Gasteiger partial charge in [0.1, 0.15) is 0 Å². The molecular weight excluding hydrogens is 216 g/mol. The maximum atomic E-state index is 11.5. The van der Waals surface area contributed by atoms with Crippen molar-refractivity contribution in [3.63, 3.8) is 0 Å². The van der Waals surface area contributed by atoms with Gasteiger partial charge in [0.25, 0.3) is 5.56 Å². The Morgan fingerprint density at radius 2 is 2.24 bits per heavy atom. The van der Waals surface area contributed by atoms with E-state index in [1.54, 1.807) is 16.7 Å². The fourth-order valence-electron chi connectivity index (χ4n) is 2.43. The Balaban J connectivity index is 1.80. The van der Waals surface area contributed by atoms with Gasteiger partial charge in [-0.15, -0.1) is 0 Å². The highest BCUT2D eigenvalue weighted by Gasteiger charge is 2.21. The Labute approximate surface area is 101 Å². The number of rotatable bonds is 5. The molecule has 0 amide bonds. The predicted molar refractivity (Wildman–Crippen MR) is 67.0 cm³/mol. The summed E-state index contributed by atoms with van der Waals surface area (Å²) in [5.41, 5.74) is 0.0682. The van der Waals surface area contributed by atoms with Gasteiger partial charge in [-0.1, -0.05) is 6.07 Å². The summed E-state index contributed by atoms with van der Waals surface area (Å²) in [5.74, 6) is 0.632. The molecule has 1 aliphatic rings. The maximum Gasteiger partial charge on any atom is 0.250 e. The standard InChI is InChI=1S/C13H20N2O2/c16-10-5-12-4-7-14(11-12)8-9-15-6-2-1-3-13(15)17/h1-3,6,12,16H,4-5,7-11H2. The van der Waals surface area contributed by atoms with Gasteiger partial charge >= 0.3 is 0 Å². The third-order valence-electron chi connectivity index (χ3n) is 3.46. The number of aliphatic hydroxyl groups excluding tert-OH is 1. The first kappa shape index (κ1) is 12.3. The van der Waals surface area contributed by atoms with Gasteiger partial charge in [0.15, 0.2) is 0 Å². The van der Waals surface area contributed by atoms with Crippen molar-refractivity contribution in [1.29, 1.82) is 0 Å². The molecular formula is C13H20N2O2. The van der Waals surface area contributed by atoms with E-state index in [9.17, 15) is 4.79 Å². The molecule has 2 rings (SSSR count). The van der Waals surface area contributed by atoms with E-state index < -0.39 is 0 Å². The van der Waals surface area contributed by atoms with E-state index in [1.807, 2.05) is 12.3 Å². The largest absolute Gasteiger partial charge is 0.396 e. The van der Waals surface area contributed by atoms with Crippen molar-refractivity contribution in [3.8, 4) is 0 Å². The molecule has 1 fully saturated rings. The van der Waals surface area contributed by atoms with Crippen molar-refractivity contribution in [2.45, 2.75) is 19.4 Å². The zero-order valence-corrected chi connectivity index (χ0v) is 10.1. The second kappa shape index (κ2) is 5.98. The van der Waals surface area contributed by atoms with Crippen LogP contribution in [-0.2, 0) is 6.54 Å². The van der Waals surface area contributed by atoms with Crippen LogP contribution in [0.3, 0.4) is 0 Å². The van der Waals surface area contributed by atoms with E-state index in [0.29, 0.717) is 5.92 Å². The topological polar surface area (TPSA) is 45.5 Å². The highest BCUT2D eigenvalue weighted by molar-refractivity contribution is 4.93. The second-order valence-corrected chi connectivity index (χ2v) is 4.70. The van der Waals surface area contributed by atoms with Crippen LogP contribution in [0.5, 0.6) is 0 Å². The molecule has 4 heteroatoms. The Hall–Kier alpha value is -1.13. The molecule has 2 heterocycles. The summed E-state index contributed by atoms with van der Waals surface area (Å²) in [4.78, 5) is 13.9. The number of hydrogen-bond donors (Lipinski definition) is 1. The summed E-state index contributed by atoms with van der Waals surface area (Å²) >= 11 is 0. The fraction of sp³-hybridized carbons (Fsp3) is 0.615. The average Bonchev–Trinajstić information content (AvgIpc) is 2.76. The molecule has 1 aromatic heterocycles. The molecule has 1 saturated heterocycles. The van der Waals surface area contributed by atoms with Gasteiger partial charge in [-0.2, -0.15) is 0 Å². The van der Waals surface area contributed by atoms with E-state index in [0.717, 1.165) is 32.6 Å². The lowest BCUT2D eigenvalue weighted by Gasteiger charge is -2.16. The monoisotopic (exact) mass is 236 g/mol. The van der Waals surface area contributed by atoms with Gasteiger partial charge in [-0.25, -0.2) is 0 Å². The number of pyridine rings is 1. The van der Waals surface area contributed by atoms with E-state index >= 15 is 0 Å². The first-order valence-corrected chi connectivity index (χ1v) is 6.28. The van der Waals surface area contributed by atoms with Crippen LogP contribution in [0.4, 0.5) is 0 Å². The molecule has 4 nitrogen and oxygen atoms in total. The molecule has 1 N–H and O–H groups in total. The Bertz CT molecular complexity index is 402. The molecule has 1 aliphatic heterocycles. The van der Waals surface area contributed by atoms with Crippen LogP contribution in [0.15, 0.2) is 29.2 Å². The minimum Gasteiger partial charge on any atom is -0.396 e. The van der Waals surface area contributed by atoms with E-state index in [-0.39, 0.29) is 12.2 Å². The molecule has 0 aliphatic carbocycles. The lowest BCUT2D eigenvalue weighted by molar-refractivity contribution is 0.249. The molecule has 0 bridgehead atoms. The minimum absolute atomic E-state index is 0.0682. The van der Waals surface area contributed by atoms with Crippen LogP contribution in [-0.4, -0.2) is 40.8 Å². The van der Waals surface area contributed by atoms with Crippen LogP contribution in [0.1, 0.15) is 12.8 Å². The summed E-state index contributed by atoms with van der Waals surface area (Å²) in [6, 6.07) is 5.25. The number of nitrogens with zero attached hydrogens (tertiary/aromatic N) is 2. The second-order valence-electron chi connectivity index (χ2n) is 4.70. The molecule has 1 aromatic rings. The summed E-state index contributed by atoms with van der Waals surface area (Å²) in [6.07, 6.45) is 3.91. The zero-order valence-electron chi connectivity index (χ0n) is 10.1. The average molecular weight is 236 g/mol. The normalized spacial score (nSPS) is 20.9. The number of aliphatic hydroxyl groups is 1. The maximum absolute atomic E-state index is 11.5. The number of aromatic nitrogens is 1. The van der Waals surface area contributed by atoms with Gasteiger partial charge in [0, 0.05) is 38.5 Å². The summed E-state index contributed by atoms with van der Waals surface area (Å²) in [7, 11) is 0. The Kier molecular flexibility index (Phi) is 4.34. The molecule has 1 unspecified atom stereocenters. The molecule has 0 radical (unpaired) electrons. The number of hydrogen-bond acceptors (Lipinski definition) is 3. The first-order valence-electron chi connectivity index (χ1n) is 6.28. The van der Waals surface area contributed by atoms with E-state index in [2.05, 4.69) is 4.90 Å². The van der Waals surface area contributed by atoms with Crippen LogP contribution in [0.25, 0.3) is 0 Å². The smallest absolute Gasteiger partial charge is 0.250 e. The van der Waals surface area contributed by atoms with Crippen LogP contribution < -0.4 is 5.56 Å². The van der Waals surface area contributed by atoms with Gasteiger partial charge in [0.2, 0.25) is 0 Å².